The first-order valence-corrected chi connectivity index (χ1v) is 12.1. The average Bonchev–Trinajstić information content (AvgIpc) is 3.11. The summed E-state index contributed by atoms with van der Waals surface area (Å²) in [7, 11) is 2.29. The number of aliphatic hydroxyl groups is 1. The van der Waals surface area contributed by atoms with Crippen molar-refractivity contribution in [2.75, 3.05) is 46.0 Å². The van der Waals surface area contributed by atoms with Gasteiger partial charge < -0.3 is 28.1 Å². The zero-order chi connectivity index (χ0) is 19.5. The van der Waals surface area contributed by atoms with Crippen LogP contribution in [0.5, 0.6) is 0 Å². The topological polar surface area (TPSA) is 85.8 Å². The molecule has 152 valence electrons. The van der Waals surface area contributed by atoms with Gasteiger partial charge in [0.15, 0.2) is 0 Å². The third kappa shape index (κ3) is 7.19. The third-order valence-corrected chi connectivity index (χ3v) is 8.19. The molecule has 1 aromatic heterocycles. The number of aliphatic hydroxyl groups excluding tert-OH is 1. The summed E-state index contributed by atoms with van der Waals surface area (Å²) in [5, 5.41) is 10.0. The van der Waals surface area contributed by atoms with Gasteiger partial charge >= 0.3 is 8.80 Å². The van der Waals surface area contributed by atoms with Crippen LogP contribution < -0.4 is 0 Å². The van der Waals surface area contributed by atoms with Gasteiger partial charge in [-0.25, -0.2) is 4.98 Å². The number of aromatic amines is 1. The van der Waals surface area contributed by atoms with Crippen LogP contribution >= 0.6 is 11.8 Å². The number of fused-ring (bicyclic) bond motifs is 1. The molecular formula is C18H30N2O5SSi. The predicted molar refractivity (Wildman–Crippen MR) is 110 cm³/mol. The largest absolute Gasteiger partial charge is 0.500 e. The van der Waals surface area contributed by atoms with Crippen molar-refractivity contribution in [1.82, 2.24) is 9.97 Å². The van der Waals surface area contributed by atoms with Gasteiger partial charge in [-0.05, 0) is 18.6 Å². The molecule has 0 spiro atoms. The minimum Gasteiger partial charge on any atom is -0.390 e. The molecule has 0 radical (unpaired) electrons. The number of rotatable bonds is 14. The smallest absolute Gasteiger partial charge is 0.390 e. The average molecular weight is 415 g/mol. The molecule has 1 heterocycles. The van der Waals surface area contributed by atoms with Gasteiger partial charge in [0.25, 0.3) is 0 Å². The van der Waals surface area contributed by atoms with Crippen molar-refractivity contribution < 1.29 is 23.1 Å². The maximum absolute atomic E-state index is 10.0. The number of imidazole rings is 1. The number of nitrogens with zero attached hydrogens (tertiary/aromatic N) is 1. The highest BCUT2D eigenvalue weighted by Gasteiger charge is 2.36. The first-order chi connectivity index (χ1) is 13.1. The van der Waals surface area contributed by atoms with Gasteiger partial charge in [0.2, 0.25) is 0 Å². The van der Waals surface area contributed by atoms with Crippen LogP contribution in [0.15, 0.2) is 24.3 Å². The maximum Gasteiger partial charge on any atom is 0.500 e. The van der Waals surface area contributed by atoms with Crippen molar-refractivity contribution in [3.63, 3.8) is 0 Å². The Balaban J connectivity index is 1.54. The van der Waals surface area contributed by atoms with E-state index in [4.69, 9.17) is 18.0 Å². The molecule has 0 aliphatic rings. The Morgan fingerprint density at radius 2 is 1.93 bits per heavy atom. The Hall–Kier alpha value is -0.943. The predicted octanol–water partition coefficient (Wildman–Crippen LogP) is 2.48. The molecule has 0 aliphatic heterocycles. The van der Waals surface area contributed by atoms with Crippen LogP contribution in [-0.2, 0) is 24.4 Å². The standard InChI is InChI=1S/C18H30N2O5SSi/c1-22-27(23-2,24-3)12-6-10-25-13-15(21)14-26-11-9-18-19-16-7-4-5-8-17(16)20-18/h4-5,7-8,15,21H,6,9-14H2,1-3H3,(H,19,20). The van der Waals surface area contributed by atoms with Gasteiger partial charge in [-0.15, -0.1) is 0 Å². The number of H-pyrrole nitrogens is 1. The summed E-state index contributed by atoms with van der Waals surface area (Å²) in [5.74, 6) is 2.53. The first kappa shape index (κ1) is 22.3. The van der Waals surface area contributed by atoms with E-state index in [1.807, 2.05) is 24.3 Å². The molecule has 0 saturated carbocycles. The van der Waals surface area contributed by atoms with Crippen LogP contribution in [0.3, 0.4) is 0 Å². The van der Waals surface area contributed by atoms with Gasteiger partial charge in [-0.3, -0.25) is 0 Å². The highest BCUT2D eigenvalue weighted by Crippen LogP contribution is 2.15. The molecule has 7 nitrogen and oxygen atoms in total. The van der Waals surface area contributed by atoms with Gasteiger partial charge in [-0.1, -0.05) is 12.1 Å². The second-order valence-corrected chi connectivity index (χ2v) is 10.4. The van der Waals surface area contributed by atoms with E-state index in [9.17, 15) is 5.11 Å². The molecule has 0 aliphatic carbocycles. The van der Waals surface area contributed by atoms with Crippen molar-refractivity contribution in [3.05, 3.63) is 30.1 Å². The van der Waals surface area contributed by atoms with E-state index >= 15 is 0 Å². The van der Waals surface area contributed by atoms with Gasteiger partial charge in [0.05, 0.1) is 23.7 Å². The molecular weight excluding hydrogens is 384 g/mol. The van der Waals surface area contributed by atoms with Crippen molar-refractivity contribution >= 4 is 31.6 Å². The molecule has 9 heteroatoms. The molecule has 0 saturated heterocycles. The van der Waals surface area contributed by atoms with Crippen LogP contribution in [0.4, 0.5) is 0 Å². The van der Waals surface area contributed by atoms with Gasteiger partial charge in [0, 0.05) is 51.9 Å². The molecule has 1 atom stereocenters. The van der Waals surface area contributed by atoms with Crippen LogP contribution in [0.2, 0.25) is 6.04 Å². The molecule has 2 aromatic rings. The summed E-state index contributed by atoms with van der Waals surface area (Å²) >= 11 is 1.70. The summed E-state index contributed by atoms with van der Waals surface area (Å²) in [4.78, 5) is 7.88. The molecule has 1 aromatic carbocycles. The highest BCUT2D eigenvalue weighted by molar-refractivity contribution is 7.99. The molecule has 0 fully saturated rings. The number of hydrogen-bond acceptors (Lipinski definition) is 7. The highest BCUT2D eigenvalue weighted by atomic mass is 32.2. The van der Waals surface area contributed by atoms with Crippen LogP contribution in [-0.4, -0.2) is 76.0 Å². The number of benzene rings is 1. The number of para-hydroxylation sites is 2. The van der Waals surface area contributed by atoms with E-state index < -0.39 is 14.9 Å². The lowest BCUT2D eigenvalue weighted by molar-refractivity contribution is 0.0462. The second kappa shape index (κ2) is 11.8. The molecule has 0 bridgehead atoms. The molecule has 0 amide bonds. The fourth-order valence-electron chi connectivity index (χ4n) is 2.73. The van der Waals surface area contributed by atoms with Crippen molar-refractivity contribution in [3.8, 4) is 0 Å². The summed E-state index contributed by atoms with van der Waals surface area (Å²) in [5.41, 5.74) is 2.06. The normalized spacial score (nSPS) is 13.3. The van der Waals surface area contributed by atoms with Crippen molar-refractivity contribution in [1.29, 1.82) is 0 Å². The summed E-state index contributed by atoms with van der Waals surface area (Å²) in [6.07, 6.45) is 1.15. The van der Waals surface area contributed by atoms with Crippen LogP contribution in [0, 0.1) is 0 Å². The molecule has 27 heavy (non-hydrogen) atoms. The Kier molecular flexibility index (Phi) is 9.77. The van der Waals surface area contributed by atoms with Gasteiger partial charge in [-0.2, -0.15) is 11.8 Å². The Bertz CT molecular complexity index is 627. The van der Waals surface area contributed by atoms with Crippen LogP contribution in [0.25, 0.3) is 11.0 Å². The SMILES string of the molecule is CO[Si](CCCOCC(O)CSCCc1nc2ccccc2[nH]1)(OC)OC. The second-order valence-electron chi connectivity index (χ2n) is 6.15. The van der Waals surface area contributed by atoms with Crippen molar-refractivity contribution in [2.24, 2.45) is 0 Å². The number of aromatic nitrogens is 2. The lowest BCUT2D eigenvalue weighted by atomic mass is 10.3. The Labute approximate surface area is 166 Å². The fourth-order valence-corrected chi connectivity index (χ4v) is 5.29. The lowest BCUT2D eigenvalue weighted by Gasteiger charge is -2.24. The number of thioether (sulfide) groups is 1. The summed E-state index contributed by atoms with van der Waals surface area (Å²) in [6.45, 7) is 0.880. The van der Waals surface area contributed by atoms with Crippen molar-refractivity contribution in [2.45, 2.75) is 25.0 Å². The Morgan fingerprint density at radius 1 is 1.19 bits per heavy atom. The van der Waals surface area contributed by atoms with Crippen LogP contribution in [0.1, 0.15) is 12.2 Å². The zero-order valence-electron chi connectivity index (χ0n) is 16.3. The van der Waals surface area contributed by atoms with E-state index in [1.54, 1.807) is 33.1 Å². The number of hydrogen-bond donors (Lipinski definition) is 2. The molecule has 1 unspecified atom stereocenters. The van der Waals surface area contributed by atoms with Gasteiger partial charge in [0.1, 0.15) is 5.82 Å². The molecule has 2 N–H and O–H groups in total. The number of aryl methyl sites for hydroxylation is 1. The quantitative estimate of drug-likeness (QED) is 0.363. The Morgan fingerprint density at radius 3 is 2.63 bits per heavy atom. The van der Waals surface area contributed by atoms with E-state index in [0.29, 0.717) is 25.0 Å². The lowest BCUT2D eigenvalue weighted by Crippen LogP contribution is -2.42. The number of nitrogens with one attached hydrogen (secondary N) is 1. The summed E-state index contributed by atoms with van der Waals surface area (Å²) in [6, 6.07) is 8.71. The fraction of sp³-hybridized carbons (Fsp3) is 0.611. The van der Waals surface area contributed by atoms with E-state index in [0.717, 1.165) is 35.5 Å². The minimum atomic E-state index is -2.52. The van der Waals surface area contributed by atoms with E-state index in [2.05, 4.69) is 9.97 Å². The third-order valence-electron chi connectivity index (χ3n) is 4.25. The number of ether oxygens (including phenoxy) is 1. The maximum atomic E-state index is 10.0. The minimum absolute atomic E-state index is 0.332. The monoisotopic (exact) mass is 414 g/mol. The zero-order valence-corrected chi connectivity index (χ0v) is 18.1. The van der Waals surface area contributed by atoms with E-state index in [1.165, 1.54) is 0 Å². The first-order valence-electron chi connectivity index (χ1n) is 9.05. The summed E-state index contributed by atoms with van der Waals surface area (Å²) < 4.78 is 21.6. The van der Waals surface area contributed by atoms with E-state index in [-0.39, 0.29) is 0 Å². The molecule has 2 rings (SSSR count).